The Bertz CT molecular complexity index is 641. The molecule has 0 saturated carbocycles. The quantitative estimate of drug-likeness (QED) is 0.484. The molecule has 2 atom stereocenters. The Morgan fingerprint density at radius 3 is 1.84 bits per heavy atom. The van der Waals surface area contributed by atoms with Crippen molar-refractivity contribution >= 4 is 11.4 Å². The molecule has 0 bridgehead atoms. The summed E-state index contributed by atoms with van der Waals surface area (Å²) in [7, 11) is 2.15. The lowest BCUT2D eigenvalue weighted by Gasteiger charge is -2.29. The van der Waals surface area contributed by atoms with Crippen molar-refractivity contribution in [2.24, 2.45) is 0 Å². The molecule has 0 N–H and O–H groups in total. The van der Waals surface area contributed by atoms with E-state index in [1.165, 1.54) is 48.2 Å². The van der Waals surface area contributed by atoms with Gasteiger partial charge in [0, 0.05) is 18.4 Å². The third kappa shape index (κ3) is 4.45. The van der Waals surface area contributed by atoms with Gasteiger partial charge >= 0.3 is 0 Å². The SMILES string of the molecule is CCCC(C)(CC)c1ccc(N(C)c2ccc(C(C)CC)cc2)cc1. The molecule has 2 unspecified atom stereocenters. The van der Waals surface area contributed by atoms with Crippen molar-refractivity contribution in [1.82, 2.24) is 0 Å². The zero-order valence-electron chi connectivity index (χ0n) is 17.0. The standard InChI is InChI=1S/C24H35N/c1-7-18-24(5,9-3)21-12-16-23(17-13-21)25(6)22-14-10-20(11-15-22)19(4)8-2/h10-17,19H,7-9,18H2,1-6H3. The van der Waals surface area contributed by atoms with Crippen LogP contribution < -0.4 is 4.90 Å². The van der Waals surface area contributed by atoms with E-state index in [0.717, 1.165) is 0 Å². The van der Waals surface area contributed by atoms with Crippen molar-refractivity contribution in [3.8, 4) is 0 Å². The second-order valence-corrected chi connectivity index (χ2v) is 7.67. The average Bonchev–Trinajstić information content (AvgIpc) is 2.67. The molecule has 0 heterocycles. The molecule has 0 aromatic heterocycles. The van der Waals surface area contributed by atoms with E-state index in [1.54, 1.807) is 0 Å². The molecule has 0 aliphatic carbocycles. The summed E-state index contributed by atoms with van der Waals surface area (Å²) in [5, 5.41) is 0. The van der Waals surface area contributed by atoms with E-state index in [2.05, 4.69) is 95.1 Å². The summed E-state index contributed by atoms with van der Waals surface area (Å²) < 4.78 is 0. The fraction of sp³-hybridized carbons (Fsp3) is 0.500. The van der Waals surface area contributed by atoms with E-state index in [-0.39, 0.29) is 0 Å². The van der Waals surface area contributed by atoms with E-state index < -0.39 is 0 Å². The van der Waals surface area contributed by atoms with Gasteiger partial charge in [0.1, 0.15) is 0 Å². The molecule has 0 amide bonds. The van der Waals surface area contributed by atoms with Gasteiger partial charge in [-0.05, 0) is 66.0 Å². The van der Waals surface area contributed by atoms with Crippen molar-refractivity contribution in [3.63, 3.8) is 0 Å². The van der Waals surface area contributed by atoms with Crippen molar-refractivity contribution in [1.29, 1.82) is 0 Å². The highest BCUT2D eigenvalue weighted by Gasteiger charge is 2.23. The van der Waals surface area contributed by atoms with Gasteiger partial charge < -0.3 is 4.90 Å². The zero-order chi connectivity index (χ0) is 18.4. The van der Waals surface area contributed by atoms with Crippen LogP contribution in [-0.4, -0.2) is 7.05 Å². The highest BCUT2D eigenvalue weighted by Crippen LogP contribution is 2.34. The predicted octanol–water partition coefficient (Wildman–Crippen LogP) is 7.44. The van der Waals surface area contributed by atoms with Crippen LogP contribution in [0.3, 0.4) is 0 Å². The minimum Gasteiger partial charge on any atom is -0.345 e. The molecular formula is C24H35N. The van der Waals surface area contributed by atoms with E-state index in [1.807, 2.05) is 0 Å². The molecule has 1 heteroatoms. The van der Waals surface area contributed by atoms with Gasteiger partial charge in [-0.2, -0.15) is 0 Å². The summed E-state index contributed by atoms with van der Waals surface area (Å²) in [6, 6.07) is 18.2. The fourth-order valence-corrected chi connectivity index (χ4v) is 3.58. The van der Waals surface area contributed by atoms with Gasteiger partial charge in [-0.1, -0.05) is 65.3 Å². The number of hydrogen-bond acceptors (Lipinski definition) is 1. The minimum absolute atomic E-state index is 0.295. The van der Waals surface area contributed by atoms with Gasteiger partial charge in [0.25, 0.3) is 0 Å². The van der Waals surface area contributed by atoms with Gasteiger partial charge in [0.05, 0.1) is 0 Å². The van der Waals surface area contributed by atoms with Crippen LogP contribution >= 0.6 is 0 Å². The van der Waals surface area contributed by atoms with Gasteiger partial charge in [-0.15, -0.1) is 0 Å². The number of rotatable bonds is 8. The third-order valence-corrected chi connectivity index (χ3v) is 6.00. The molecule has 136 valence electrons. The zero-order valence-corrected chi connectivity index (χ0v) is 17.0. The molecule has 2 aromatic rings. The monoisotopic (exact) mass is 337 g/mol. The number of anilines is 2. The Balaban J connectivity index is 2.18. The van der Waals surface area contributed by atoms with Gasteiger partial charge in [-0.3, -0.25) is 0 Å². The van der Waals surface area contributed by atoms with Crippen LogP contribution in [0.5, 0.6) is 0 Å². The fourth-order valence-electron chi connectivity index (χ4n) is 3.58. The Kier molecular flexibility index (Phi) is 6.70. The van der Waals surface area contributed by atoms with Crippen LogP contribution in [0.15, 0.2) is 48.5 Å². The minimum atomic E-state index is 0.295. The molecule has 25 heavy (non-hydrogen) atoms. The van der Waals surface area contributed by atoms with Crippen molar-refractivity contribution < 1.29 is 0 Å². The van der Waals surface area contributed by atoms with Crippen LogP contribution in [0, 0.1) is 0 Å². The van der Waals surface area contributed by atoms with E-state index >= 15 is 0 Å². The average molecular weight is 338 g/mol. The third-order valence-electron chi connectivity index (χ3n) is 6.00. The van der Waals surface area contributed by atoms with E-state index in [4.69, 9.17) is 0 Å². The first kappa shape index (κ1) is 19.6. The maximum Gasteiger partial charge on any atom is 0.0408 e. The first-order chi connectivity index (χ1) is 11.9. The molecular weight excluding hydrogens is 302 g/mol. The van der Waals surface area contributed by atoms with E-state index in [0.29, 0.717) is 11.3 Å². The summed E-state index contributed by atoms with van der Waals surface area (Å²) in [5.74, 6) is 0.629. The lowest BCUT2D eigenvalue weighted by atomic mass is 9.76. The maximum atomic E-state index is 2.39. The summed E-state index contributed by atoms with van der Waals surface area (Å²) in [5.41, 5.74) is 5.67. The van der Waals surface area contributed by atoms with Crippen LogP contribution in [0.1, 0.15) is 77.3 Å². The molecule has 0 spiro atoms. The Morgan fingerprint density at radius 1 is 0.880 bits per heavy atom. The molecule has 0 aliphatic heterocycles. The molecule has 0 fully saturated rings. The second-order valence-electron chi connectivity index (χ2n) is 7.67. The van der Waals surface area contributed by atoms with Crippen molar-refractivity contribution in [2.45, 2.75) is 71.6 Å². The van der Waals surface area contributed by atoms with Gasteiger partial charge in [-0.25, -0.2) is 0 Å². The van der Waals surface area contributed by atoms with Crippen LogP contribution in [0.25, 0.3) is 0 Å². The normalized spacial score (nSPS) is 14.8. The Hall–Kier alpha value is -1.76. The molecule has 1 nitrogen and oxygen atoms in total. The molecule has 0 aliphatic rings. The Morgan fingerprint density at radius 2 is 1.40 bits per heavy atom. The smallest absolute Gasteiger partial charge is 0.0408 e. The van der Waals surface area contributed by atoms with Crippen LogP contribution in [-0.2, 0) is 5.41 Å². The summed E-state index contributed by atoms with van der Waals surface area (Å²) in [6.07, 6.45) is 4.85. The van der Waals surface area contributed by atoms with Gasteiger partial charge in [0.15, 0.2) is 0 Å². The number of benzene rings is 2. The highest BCUT2D eigenvalue weighted by molar-refractivity contribution is 5.63. The molecule has 0 saturated heterocycles. The van der Waals surface area contributed by atoms with Crippen molar-refractivity contribution in [3.05, 3.63) is 59.7 Å². The van der Waals surface area contributed by atoms with E-state index in [9.17, 15) is 0 Å². The molecule has 0 radical (unpaired) electrons. The van der Waals surface area contributed by atoms with Gasteiger partial charge in [0.2, 0.25) is 0 Å². The Labute approximate surface area is 155 Å². The number of hydrogen-bond donors (Lipinski definition) is 0. The summed E-state index contributed by atoms with van der Waals surface area (Å²) >= 11 is 0. The molecule has 2 rings (SSSR count). The summed E-state index contributed by atoms with van der Waals surface area (Å²) in [6.45, 7) is 11.5. The van der Waals surface area contributed by atoms with Crippen molar-refractivity contribution in [2.75, 3.05) is 11.9 Å². The lowest BCUT2D eigenvalue weighted by Crippen LogP contribution is -2.20. The first-order valence-electron chi connectivity index (χ1n) is 9.89. The lowest BCUT2D eigenvalue weighted by molar-refractivity contribution is 0.414. The molecule has 2 aromatic carbocycles. The summed E-state index contributed by atoms with van der Waals surface area (Å²) in [4.78, 5) is 2.27. The first-order valence-corrected chi connectivity index (χ1v) is 9.89. The highest BCUT2D eigenvalue weighted by atomic mass is 15.1. The largest absolute Gasteiger partial charge is 0.345 e. The van der Waals surface area contributed by atoms with Crippen LogP contribution in [0.2, 0.25) is 0 Å². The predicted molar refractivity (Wildman–Crippen MR) is 112 cm³/mol. The van der Waals surface area contributed by atoms with Crippen LogP contribution in [0.4, 0.5) is 11.4 Å². The maximum absolute atomic E-state index is 2.39. The topological polar surface area (TPSA) is 3.24 Å². The second kappa shape index (κ2) is 8.56. The number of nitrogens with zero attached hydrogens (tertiary/aromatic N) is 1.